The van der Waals surface area contributed by atoms with Gasteiger partial charge in [-0.3, -0.25) is 4.68 Å². The van der Waals surface area contributed by atoms with E-state index in [0.717, 1.165) is 12.4 Å². The number of benzene rings is 1. The number of hydrogen-bond donors (Lipinski definition) is 1. The van der Waals surface area contributed by atoms with Crippen LogP contribution in [-0.4, -0.2) is 14.8 Å². The van der Waals surface area contributed by atoms with Crippen LogP contribution in [0.5, 0.6) is 0 Å². The van der Waals surface area contributed by atoms with Gasteiger partial charge in [-0.05, 0) is 19.4 Å². The van der Waals surface area contributed by atoms with Crippen LogP contribution in [0.3, 0.4) is 0 Å². The molecule has 0 spiro atoms. The van der Waals surface area contributed by atoms with E-state index in [1.54, 1.807) is 11.0 Å². The van der Waals surface area contributed by atoms with Gasteiger partial charge in [0, 0.05) is 13.1 Å². The number of rotatable bonds is 4. The molecule has 1 aromatic heterocycles. The Morgan fingerprint density at radius 2 is 2.00 bits per heavy atom. The molecule has 4 nitrogen and oxygen atoms in total. The molecule has 17 heavy (non-hydrogen) atoms. The van der Waals surface area contributed by atoms with Crippen LogP contribution in [0.2, 0.25) is 0 Å². The van der Waals surface area contributed by atoms with Crippen molar-refractivity contribution in [1.82, 2.24) is 20.1 Å². The number of hydrogen-bond acceptors (Lipinski definition) is 3. The zero-order chi connectivity index (χ0) is 12.3. The third kappa shape index (κ3) is 2.91. The van der Waals surface area contributed by atoms with Crippen molar-refractivity contribution < 1.29 is 0 Å². The monoisotopic (exact) mass is 230 g/mol. The Bertz CT molecular complexity index is 472. The Morgan fingerprint density at radius 1 is 1.29 bits per heavy atom. The predicted molar refractivity (Wildman–Crippen MR) is 67.4 cm³/mol. The standard InChI is InChI=1S/C13H18N4/c1-10-4-6-12(7-5-10)11(2)14-8-13-15-9-16-17(13)3/h4-7,9,11,14H,8H2,1-3H3/t11-/m1/s1. The quantitative estimate of drug-likeness (QED) is 0.873. The normalized spacial score (nSPS) is 12.6. The highest BCUT2D eigenvalue weighted by Gasteiger charge is 2.06. The molecule has 0 amide bonds. The van der Waals surface area contributed by atoms with Gasteiger partial charge in [0.1, 0.15) is 12.2 Å². The minimum Gasteiger partial charge on any atom is -0.303 e. The van der Waals surface area contributed by atoms with E-state index in [1.165, 1.54) is 11.1 Å². The maximum atomic E-state index is 4.18. The Labute approximate surface area is 102 Å². The third-order valence-corrected chi connectivity index (χ3v) is 2.95. The number of aromatic nitrogens is 3. The van der Waals surface area contributed by atoms with Crippen LogP contribution in [0.1, 0.15) is 29.9 Å². The minimum atomic E-state index is 0.312. The molecular weight excluding hydrogens is 212 g/mol. The van der Waals surface area contributed by atoms with E-state index in [1.807, 2.05) is 7.05 Å². The zero-order valence-corrected chi connectivity index (χ0v) is 10.5. The van der Waals surface area contributed by atoms with Crippen molar-refractivity contribution in [2.24, 2.45) is 7.05 Å². The van der Waals surface area contributed by atoms with Crippen molar-refractivity contribution in [3.8, 4) is 0 Å². The molecule has 0 unspecified atom stereocenters. The Balaban J connectivity index is 1.95. The Morgan fingerprint density at radius 3 is 2.59 bits per heavy atom. The highest BCUT2D eigenvalue weighted by molar-refractivity contribution is 5.23. The molecule has 2 aromatic rings. The molecule has 0 radical (unpaired) electrons. The maximum absolute atomic E-state index is 4.18. The topological polar surface area (TPSA) is 42.7 Å². The van der Waals surface area contributed by atoms with Crippen LogP contribution in [0, 0.1) is 6.92 Å². The molecule has 0 aliphatic carbocycles. The number of aryl methyl sites for hydroxylation is 2. The summed E-state index contributed by atoms with van der Waals surface area (Å²) in [4.78, 5) is 4.18. The number of nitrogens with zero attached hydrogens (tertiary/aromatic N) is 3. The summed E-state index contributed by atoms with van der Waals surface area (Å²) in [6.07, 6.45) is 1.58. The molecule has 4 heteroatoms. The molecule has 1 atom stereocenters. The van der Waals surface area contributed by atoms with E-state index >= 15 is 0 Å². The van der Waals surface area contributed by atoms with E-state index in [9.17, 15) is 0 Å². The first-order chi connectivity index (χ1) is 8.16. The second-order valence-electron chi connectivity index (χ2n) is 4.31. The fourth-order valence-corrected chi connectivity index (χ4v) is 1.70. The molecule has 1 N–H and O–H groups in total. The van der Waals surface area contributed by atoms with Crippen molar-refractivity contribution in [2.45, 2.75) is 26.4 Å². The van der Waals surface area contributed by atoms with Gasteiger partial charge in [0.25, 0.3) is 0 Å². The summed E-state index contributed by atoms with van der Waals surface area (Å²) in [5.41, 5.74) is 2.58. The van der Waals surface area contributed by atoms with Crippen LogP contribution in [0.15, 0.2) is 30.6 Å². The average molecular weight is 230 g/mol. The van der Waals surface area contributed by atoms with Gasteiger partial charge in [0.05, 0.1) is 6.54 Å². The summed E-state index contributed by atoms with van der Waals surface area (Å²) in [6.45, 7) is 4.98. The summed E-state index contributed by atoms with van der Waals surface area (Å²) in [5, 5.41) is 7.48. The second kappa shape index (κ2) is 5.10. The lowest BCUT2D eigenvalue weighted by Crippen LogP contribution is -2.20. The molecule has 0 saturated heterocycles. The molecule has 0 fully saturated rings. The van der Waals surface area contributed by atoms with Crippen LogP contribution >= 0.6 is 0 Å². The predicted octanol–water partition coefficient (Wildman–Crippen LogP) is 1.97. The van der Waals surface area contributed by atoms with Crippen molar-refractivity contribution in [3.63, 3.8) is 0 Å². The van der Waals surface area contributed by atoms with Gasteiger partial charge in [0.15, 0.2) is 0 Å². The van der Waals surface area contributed by atoms with Crippen molar-refractivity contribution in [2.75, 3.05) is 0 Å². The van der Waals surface area contributed by atoms with Crippen molar-refractivity contribution in [1.29, 1.82) is 0 Å². The fourth-order valence-electron chi connectivity index (χ4n) is 1.70. The Hall–Kier alpha value is -1.68. The van der Waals surface area contributed by atoms with Crippen LogP contribution in [-0.2, 0) is 13.6 Å². The summed E-state index contributed by atoms with van der Waals surface area (Å²) in [5.74, 6) is 0.948. The molecule has 0 aliphatic heterocycles. The van der Waals surface area contributed by atoms with Crippen molar-refractivity contribution in [3.05, 3.63) is 47.5 Å². The SMILES string of the molecule is Cc1ccc([C@@H](C)NCc2ncnn2C)cc1. The Kier molecular flexibility index (Phi) is 3.54. The van der Waals surface area contributed by atoms with Crippen molar-refractivity contribution >= 4 is 0 Å². The molecule has 1 heterocycles. The van der Waals surface area contributed by atoms with Gasteiger partial charge in [-0.15, -0.1) is 0 Å². The van der Waals surface area contributed by atoms with E-state index in [0.29, 0.717) is 6.04 Å². The number of nitrogens with one attached hydrogen (secondary N) is 1. The van der Waals surface area contributed by atoms with E-state index in [4.69, 9.17) is 0 Å². The third-order valence-electron chi connectivity index (χ3n) is 2.95. The fraction of sp³-hybridized carbons (Fsp3) is 0.385. The lowest BCUT2D eigenvalue weighted by atomic mass is 10.1. The van der Waals surface area contributed by atoms with Gasteiger partial charge in [0.2, 0.25) is 0 Å². The van der Waals surface area contributed by atoms with E-state index < -0.39 is 0 Å². The van der Waals surface area contributed by atoms with E-state index in [2.05, 4.69) is 53.5 Å². The van der Waals surface area contributed by atoms with Crippen LogP contribution < -0.4 is 5.32 Å². The van der Waals surface area contributed by atoms with Gasteiger partial charge in [-0.25, -0.2) is 4.98 Å². The summed E-state index contributed by atoms with van der Waals surface area (Å²) >= 11 is 0. The molecule has 1 aromatic carbocycles. The molecule has 0 saturated carbocycles. The lowest BCUT2D eigenvalue weighted by Gasteiger charge is -2.14. The van der Waals surface area contributed by atoms with Crippen LogP contribution in [0.4, 0.5) is 0 Å². The first-order valence-corrected chi connectivity index (χ1v) is 5.79. The van der Waals surface area contributed by atoms with Crippen LogP contribution in [0.25, 0.3) is 0 Å². The highest BCUT2D eigenvalue weighted by Crippen LogP contribution is 2.13. The average Bonchev–Trinajstić information content (AvgIpc) is 2.73. The van der Waals surface area contributed by atoms with Gasteiger partial charge >= 0.3 is 0 Å². The molecule has 2 rings (SSSR count). The van der Waals surface area contributed by atoms with Gasteiger partial charge in [-0.2, -0.15) is 5.10 Å². The summed E-state index contributed by atoms with van der Waals surface area (Å²) in [7, 11) is 1.90. The smallest absolute Gasteiger partial charge is 0.140 e. The summed E-state index contributed by atoms with van der Waals surface area (Å²) < 4.78 is 1.79. The first kappa shape index (κ1) is 11.8. The maximum Gasteiger partial charge on any atom is 0.140 e. The molecule has 0 bridgehead atoms. The largest absolute Gasteiger partial charge is 0.303 e. The van der Waals surface area contributed by atoms with Gasteiger partial charge < -0.3 is 5.32 Å². The minimum absolute atomic E-state index is 0.312. The second-order valence-corrected chi connectivity index (χ2v) is 4.31. The zero-order valence-electron chi connectivity index (χ0n) is 10.5. The van der Waals surface area contributed by atoms with E-state index in [-0.39, 0.29) is 0 Å². The molecule has 90 valence electrons. The molecule has 0 aliphatic rings. The first-order valence-electron chi connectivity index (χ1n) is 5.79. The summed E-state index contributed by atoms with van der Waals surface area (Å²) in [6, 6.07) is 8.89. The highest BCUT2D eigenvalue weighted by atomic mass is 15.3. The molecular formula is C13H18N4. The lowest BCUT2D eigenvalue weighted by molar-refractivity contribution is 0.540. The van der Waals surface area contributed by atoms with Gasteiger partial charge in [-0.1, -0.05) is 29.8 Å².